The second kappa shape index (κ2) is 10.6. The molecular weight excluding hydrogens is 408 g/mol. The van der Waals surface area contributed by atoms with E-state index in [2.05, 4.69) is 34.9 Å². The molecule has 1 aliphatic rings. The first-order chi connectivity index (χ1) is 15.4. The van der Waals surface area contributed by atoms with Gasteiger partial charge in [-0.05, 0) is 28.2 Å². The zero-order valence-electron chi connectivity index (χ0n) is 18.2. The van der Waals surface area contributed by atoms with Crippen LogP contribution in [0.1, 0.15) is 37.3 Å². The summed E-state index contributed by atoms with van der Waals surface area (Å²) in [6, 6.07) is 15.8. The van der Waals surface area contributed by atoms with Gasteiger partial charge >= 0.3 is 12.1 Å². The quantitative estimate of drug-likeness (QED) is 0.520. The molecule has 0 aromatic heterocycles. The third-order valence-corrected chi connectivity index (χ3v) is 5.53. The number of hydrogen-bond acceptors (Lipinski definition) is 4. The summed E-state index contributed by atoms with van der Waals surface area (Å²) in [6.45, 7) is 4.13. The first-order valence-electron chi connectivity index (χ1n) is 10.6. The number of nitrogens with one attached hydrogen (secondary N) is 2. The number of ether oxygens (including phenoxy) is 1. The number of rotatable bonds is 9. The van der Waals surface area contributed by atoms with Crippen LogP contribution in [0.2, 0.25) is 0 Å². The van der Waals surface area contributed by atoms with Gasteiger partial charge in [-0.15, -0.1) is 0 Å². The van der Waals surface area contributed by atoms with E-state index < -0.39 is 18.1 Å². The van der Waals surface area contributed by atoms with Gasteiger partial charge in [-0.3, -0.25) is 4.79 Å². The average Bonchev–Trinajstić information content (AvgIpc) is 3.08. The number of carboxylic acids is 1. The molecule has 0 bridgehead atoms. The maximum Gasteiger partial charge on any atom is 0.407 e. The molecule has 0 spiro atoms. The Labute approximate surface area is 187 Å². The smallest absolute Gasteiger partial charge is 0.407 e. The van der Waals surface area contributed by atoms with Crippen molar-refractivity contribution in [1.29, 1.82) is 0 Å². The fourth-order valence-corrected chi connectivity index (χ4v) is 3.85. The number of carbonyl (C=O) groups excluding carboxylic acids is 2. The van der Waals surface area contributed by atoms with E-state index in [1.54, 1.807) is 0 Å². The van der Waals surface area contributed by atoms with Crippen molar-refractivity contribution in [2.45, 2.75) is 32.2 Å². The van der Waals surface area contributed by atoms with Crippen LogP contribution in [0.5, 0.6) is 0 Å². The minimum absolute atomic E-state index is 0.00999. The molecule has 0 unspecified atom stereocenters. The van der Waals surface area contributed by atoms with Gasteiger partial charge in [0.05, 0.1) is 0 Å². The van der Waals surface area contributed by atoms with Crippen molar-refractivity contribution in [3.05, 3.63) is 71.8 Å². The molecule has 32 heavy (non-hydrogen) atoms. The predicted molar refractivity (Wildman–Crippen MR) is 121 cm³/mol. The number of alkyl carbamates (subject to hydrolysis) is 1. The maximum atomic E-state index is 12.5. The molecule has 2 amide bonds. The molecule has 7 heteroatoms. The molecule has 0 radical (unpaired) electrons. The van der Waals surface area contributed by atoms with Gasteiger partial charge in [0.2, 0.25) is 5.91 Å². The molecule has 7 nitrogen and oxygen atoms in total. The minimum Gasteiger partial charge on any atom is -0.478 e. The number of fused-ring (bicyclic) bond motifs is 3. The molecule has 0 saturated heterocycles. The standard InChI is InChI=1S/C25H28N2O5/c1-16(2)22(14-23(28)26-13-7-12-24(29)30)27-25(31)32-15-21-19-10-5-3-8-17(19)18-9-4-6-11-20(18)21/h3-12,16,21-22H,13-15H2,1-2H3,(H,26,28)(H,27,31)(H,29,30)/b12-7+/t22-/m1/s1. The van der Waals surface area contributed by atoms with Crippen molar-refractivity contribution >= 4 is 18.0 Å². The molecule has 0 aliphatic heterocycles. The molecule has 0 heterocycles. The van der Waals surface area contributed by atoms with Crippen molar-refractivity contribution in [3.8, 4) is 11.1 Å². The van der Waals surface area contributed by atoms with Crippen molar-refractivity contribution in [1.82, 2.24) is 10.6 Å². The summed E-state index contributed by atoms with van der Waals surface area (Å²) in [5, 5.41) is 14.0. The van der Waals surface area contributed by atoms with Crippen LogP contribution in [-0.2, 0) is 14.3 Å². The van der Waals surface area contributed by atoms with E-state index in [1.165, 1.54) is 6.08 Å². The highest BCUT2D eigenvalue weighted by Gasteiger charge is 2.29. The van der Waals surface area contributed by atoms with E-state index in [0.717, 1.165) is 28.3 Å². The molecule has 3 N–H and O–H groups in total. The second-order valence-corrected chi connectivity index (χ2v) is 8.07. The Balaban J connectivity index is 1.56. The fraction of sp³-hybridized carbons (Fsp3) is 0.320. The highest BCUT2D eigenvalue weighted by atomic mass is 16.5. The average molecular weight is 437 g/mol. The zero-order valence-corrected chi connectivity index (χ0v) is 18.2. The van der Waals surface area contributed by atoms with E-state index in [9.17, 15) is 14.4 Å². The normalized spacial score (nSPS) is 13.5. The molecule has 2 aromatic rings. The Morgan fingerprint density at radius 3 is 2.19 bits per heavy atom. The van der Waals surface area contributed by atoms with Crippen LogP contribution in [0.15, 0.2) is 60.7 Å². The van der Waals surface area contributed by atoms with Crippen LogP contribution in [-0.4, -0.2) is 42.3 Å². The summed E-state index contributed by atoms with van der Waals surface area (Å²) in [5.74, 6) is -1.38. The monoisotopic (exact) mass is 436 g/mol. The van der Waals surface area contributed by atoms with Gasteiger partial charge in [-0.1, -0.05) is 68.5 Å². The molecule has 1 aliphatic carbocycles. The van der Waals surface area contributed by atoms with E-state index in [-0.39, 0.29) is 37.3 Å². The molecule has 3 rings (SSSR count). The van der Waals surface area contributed by atoms with Crippen LogP contribution in [0.25, 0.3) is 11.1 Å². The lowest BCUT2D eigenvalue weighted by atomic mass is 9.98. The first-order valence-corrected chi connectivity index (χ1v) is 10.6. The van der Waals surface area contributed by atoms with Gasteiger partial charge in [0, 0.05) is 31.0 Å². The first kappa shape index (κ1) is 23.1. The molecule has 0 fully saturated rings. The summed E-state index contributed by atoms with van der Waals surface area (Å²) in [7, 11) is 0. The van der Waals surface area contributed by atoms with Gasteiger partial charge in [0.25, 0.3) is 0 Å². The molecule has 168 valence electrons. The minimum atomic E-state index is -1.07. The Kier molecular flexibility index (Phi) is 7.65. The van der Waals surface area contributed by atoms with Crippen molar-refractivity contribution in [3.63, 3.8) is 0 Å². The number of amides is 2. The number of hydrogen-bond donors (Lipinski definition) is 3. The zero-order chi connectivity index (χ0) is 23.1. The van der Waals surface area contributed by atoms with Crippen molar-refractivity contribution < 1.29 is 24.2 Å². The number of carbonyl (C=O) groups is 3. The number of carboxylic acid groups (broad SMARTS) is 1. The summed E-state index contributed by atoms with van der Waals surface area (Å²) in [5.41, 5.74) is 4.59. The molecular formula is C25H28N2O5. The van der Waals surface area contributed by atoms with Gasteiger partial charge in [-0.25, -0.2) is 9.59 Å². The van der Waals surface area contributed by atoms with E-state index in [0.29, 0.717) is 0 Å². The van der Waals surface area contributed by atoms with Crippen LogP contribution in [0, 0.1) is 5.92 Å². The van der Waals surface area contributed by atoms with Crippen LogP contribution in [0.3, 0.4) is 0 Å². The lowest BCUT2D eigenvalue weighted by Gasteiger charge is -2.22. The van der Waals surface area contributed by atoms with Gasteiger partial charge < -0.3 is 20.5 Å². The Morgan fingerprint density at radius 2 is 1.62 bits per heavy atom. The van der Waals surface area contributed by atoms with Gasteiger partial charge in [-0.2, -0.15) is 0 Å². The Morgan fingerprint density at radius 1 is 1.03 bits per heavy atom. The fourth-order valence-electron chi connectivity index (χ4n) is 3.85. The third-order valence-electron chi connectivity index (χ3n) is 5.53. The van der Waals surface area contributed by atoms with E-state index in [1.807, 2.05) is 38.1 Å². The predicted octanol–water partition coefficient (Wildman–Crippen LogP) is 3.70. The van der Waals surface area contributed by atoms with Gasteiger partial charge in [0.15, 0.2) is 0 Å². The molecule has 1 atom stereocenters. The summed E-state index contributed by atoms with van der Waals surface area (Å²) in [6.07, 6.45) is 1.82. The van der Waals surface area contributed by atoms with E-state index in [4.69, 9.17) is 9.84 Å². The molecule has 0 saturated carbocycles. The van der Waals surface area contributed by atoms with Crippen LogP contribution >= 0.6 is 0 Å². The lowest BCUT2D eigenvalue weighted by Crippen LogP contribution is -2.42. The van der Waals surface area contributed by atoms with Crippen LogP contribution in [0.4, 0.5) is 4.79 Å². The topological polar surface area (TPSA) is 105 Å². The third kappa shape index (κ3) is 5.75. The maximum absolute atomic E-state index is 12.5. The summed E-state index contributed by atoms with van der Waals surface area (Å²) in [4.78, 5) is 35.1. The number of benzene rings is 2. The summed E-state index contributed by atoms with van der Waals surface area (Å²) < 4.78 is 5.57. The highest BCUT2D eigenvalue weighted by molar-refractivity contribution is 5.81. The Bertz CT molecular complexity index is 969. The largest absolute Gasteiger partial charge is 0.478 e. The SMILES string of the molecule is CC(C)[C@@H](CC(=O)NC/C=C/C(=O)O)NC(=O)OCC1c2ccccc2-c2ccccc21. The van der Waals surface area contributed by atoms with Crippen molar-refractivity contribution in [2.24, 2.45) is 5.92 Å². The van der Waals surface area contributed by atoms with Crippen LogP contribution < -0.4 is 10.6 Å². The highest BCUT2D eigenvalue weighted by Crippen LogP contribution is 2.44. The molecule has 2 aromatic carbocycles. The van der Waals surface area contributed by atoms with Crippen molar-refractivity contribution in [2.75, 3.05) is 13.2 Å². The Hall–Kier alpha value is -3.61. The number of aliphatic carboxylic acids is 1. The summed E-state index contributed by atoms with van der Waals surface area (Å²) >= 11 is 0. The van der Waals surface area contributed by atoms with E-state index >= 15 is 0 Å². The lowest BCUT2D eigenvalue weighted by molar-refractivity contribution is -0.131. The van der Waals surface area contributed by atoms with Gasteiger partial charge in [0.1, 0.15) is 6.61 Å². The second-order valence-electron chi connectivity index (χ2n) is 8.07.